The highest BCUT2D eigenvalue weighted by Gasteiger charge is 2.27. The molecule has 74 valence electrons. The van der Waals surface area contributed by atoms with Crippen LogP contribution in [0.1, 0.15) is 19.8 Å². The van der Waals surface area contributed by atoms with Crippen molar-refractivity contribution in [1.82, 2.24) is 4.90 Å². The third-order valence-electron chi connectivity index (χ3n) is 2.16. The highest BCUT2D eigenvalue weighted by atomic mass is 16.3. The first kappa shape index (κ1) is 10.1. The van der Waals surface area contributed by atoms with Crippen molar-refractivity contribution >= 4 is 5.91 Å². The van der Waals surface area contributed by atoms with Crippen LogP contribution in [0, 0.1) is 0 Å². The van der Waals surface area contributed by atoms with Crippen molar-refractivity contribution in [3.63, 3.8) is 0 Å². The van der Waals surface area contributed by atoms with E-state index in [0.29, 0.717) is 0 Å². The standard InChI is InChI=1S/C9H16N2O2/c1-2-4-7(10)8(12)9(13)11-5-3-6-11/h4,8,12H,2-3,5-6,10H2,1H3/b7-4+. The molecule has 1 saturated heterocycles. The molecule has 0 aliphatic carbocycles. The predicted molar refractivity (Wildman–Crippen MR) is 49.8 cm³/mol. The van der Waals surface area contributed by atoms with Crippen LogP contribution in [-0.2, 0) is 4.79 Å². The summed E-state index contributed by atoms with van der Waals surface area (Å²) in [6, 6.07) is 0. The Hall–Kier alpha value is -1.03. The summed E-state index contributed by atoms with van der Waals surface area (Å²) in [4.78, 5) is 13.0. The Morgan fingerprint density at radius 2 is 2.31 bits per heavy atom. The molecule has 1 unspecified atom stereocenters. The molecule has 1 aliphatic heterocycles. The van der Waals surface area contributed by atoms with Crippen molar-refractivity contribution in [3.8, 4) is 0 Å². The fourth-order valence-corrected chi connectivity index (χ4v) is 1.20. The van der Waals surface area contributed by atoms with Gasteiger partial charge in [-0.05, 0) is 12.8 Å². The van der Waals surface area contributed by atoms with Gasteiger partial charge >= 0.3 is 0 Å². The van der Waals surface area contributed by atoms with Gasteiger partial charge in [0.25, 0.3) is 5.91 Å². The Balaban J connectivity index is 2.50. The topological polar surface area (TPSA) is 66.6 Å². The lowest BCUT2D eigenvalue weighted by atomic mass is 10.1. The van der Waals surface area contributed by atoms with Gasteiger partial charge in [-0.15, -0.1) is 0 Å². The summed E-state index contributed by atoms with van der Waals surface area (Å²) >= 11 is 0. The van der Waals surface area contributed by atoms with Crippen LogP contribution in [0.3, 0.4) is 0 Å². The summed E-state index contributed by atoms with van der Waals surface area (Å²) in [6.07, 6.45) is 2.29. The zero-order valence-electron chi connectivity index (χ0n) is 7.86. The second-order valence-electron chi connectivity index (χ2n) is 3.19. The van der Waals surface area contributed by atoms with Crippen LogP contribution in [-0.4, -0.2) is 35.1 Å². The van der Waals surface area contributed by atoms with Crippen LogP contribution < -0.4 is 5.73 Å². The number of allylic oxidation sites excluding steroid dienone is 1. The first-order valence-electron chi connectivity index (χ1n) is 4.59. The number of nitrogens with two attached hydrogens (primary N) is 1. The van der Waals surface area contributed by atoms with Gasteiger partial charge in [-0.3, -0.25) is 4.79 Å². The average molecular weight is 184 g/mol. The van der Waals surface area contributed by atoms with Gasteiger partial charge in [-0.1, -0.05) is 13.0 Å². The number of rotatable bonds is 3. The second-order valence-corrected chi connectivity index (χ2v) is 3.19. The number of hydrogen-bond acceptors (Lipinski definition) is 3. The molecule has 0 bridgehead atoms. The van der Waals surface area contributed by atoms with Crippen molar-refractivity contribution in [2.45, 2.75) is 25.9 Å². The van der Waals surface area contributed by atoms with Gasteiger partial charge in [0.1, 0.15) is 0 Å². The molecular weight excluding hydrogens is 168 g/mol. The molecule has 4 nitrogen and oxygen atoms in total. The third kappa shape index (κ3) is 2.21. The molecule has 0 spiro atoms. The number of carbonyl (C=O) groups is 1. The van der Waals surface area contributed by atoms with Gasteiger partial charge in [-0.25, -0.2) is 0 Å². The molecule has 1 rings (SSSR count). The summed E-state index contributed by atoms with van der Waals surface area (Å²) in [5.74, 6) is -0.270. The first-order chi connectivity index (χ1) is 6.16. The van der Waals surface area contributed by atoms with E-state index >= 15 is 0 Å². The number of likely N-dealkylation sites (tertiary alicyclic amines) is 1. The number of nitrogens with zero attached hydrogens (tertiary/aromatic N) is 1. The van der Waals surface area contributed by atoms with Crippen molar-refractivity contribution in [2.75, 3.05) is 13.1 Å². The van der Waals surface area contributed by atoms with E-state index in [1.54, 1.807) is 11.0 Å². The lowest BCUT2D eigenvalue weighted by Gasteiger charge is -2.32. The van der Waals surface area contributed by atoms with Crippen molar-refractivity contribution in [3.05, 3.63) is 11.8 Å². The molecule has 1 fully saturated rings. The molecule has 0 aromatic heterocycles. The smallest absolute Gasteiger partial charge is 0.257 e. The Bertz CT molecular complexity index is 222. The average Bonchev–Trinajstić information content (AvgIpc) is 2.00. The SMILES string of the molecule is CC/C=C(/N)C(O)C(=O)N1CCC1. The maximum atomic E-state index is 11.4. The quantitative estimate of drug-likeness (QED) is 0.640. The van der Waals surface area contributed by atoms with E-state index in [4.69, 9.17) is 5.73 Å². The Labute approximate surface area is 78.0 Å². The molecule has 4 heteroatoms. The molecule has 0 aromatic carbocycles. The summed E-state index contributed by atoms with van der Waals surface area (Å²) in [7, 11) is 0. The first-order valence-corrected chi connectivity index (χ1v) is 4.59. The van der Waals surface area contributed by atoms with Crippen LogP contribution in [0.2, 0.25) is 0 Å². The largest absolute Gasteiger partial charge is 0.400 e. The van der Waals surface area contributed by atoms with Crippen LogP contribution in [0.25, 0.3) is 0 Å². The molecule has 1 heterocycles. The monoisotopic (exact) mass is 184 g/mol. The maximum absolute atomic E-state index is 11.4. The van der Waals surface area contributed by atoms with Gasteiger partial charge in [0.15, 0.2) is 6.10 Å². The van der Waals surface area contributed by atoms with Crippen LogP contribution in [0.4, 0.5) is 0 Å². The minimum Gasteiger partial charge on any atom is -0.400 e. The fraction of sp³-hybridized carbons (Fsp3) is 0.667. The zero-order chi connectivity index (χ0) is 9.84. The highest BCUT2D eigenvalue weighted by molar-refractivity contribution is 5.84. The molecule has 0 radical (unpaired) electrons. The van der Waals surface area contributed by atoms with E-state index in [0.717, 1.165) is 25.9 Å². The number of hydrogen-bond donors (Lipinski definition) is 2. The van der Waals surface area contributed by atoms with E-state index in [9.17, 15) is 9.90 Å². The predicted octanol–water partition coefficient (Wildman–Crippen LogP) is -0.168. The number of amides is 1. The Morgan fingerprint density at radius 1 is 1.69 bits per heavy atom. The van der Waals surface area contributed by atoms with E-state index in [2.05, 4.69) is 0 Å². The van der Waals surface area contributed by atoms with Gasteiger partial charge in [0.05, 0.1) is 0 Å². The van der Waals surface area contributed by atoms with Crippen LogP contribution in [0.15, 0.2) is 11.8 Å². The number of aliphatic hydroxyl groups excluding tert-OH is 1. The Kier molecular flexibility index (Phi) is 3.31. The minimum absolute atomic E-state index is 0.263. The highest BCUT2D eigenvalue weighted by Crippen LogP contribution is 2.10. The third-order valence-corrected chi connectivity index (χ3v) is 2.16. The lowest BCUT2D eigenvalue weighted by Crippen LogP contribution is -2.48. The van der Waals surface area contributed by atoms with E-state index in [-0.39, 0.29) is 11.6 Å². The van der Waals surface area contributed by atoms with E-state index < -0.39 is 6.10 Å². The van der Waals surface area contributed by atoms with Crippen LogP contribution >= 0.6 is 0 Å². The second kappa shape index (κ2) is 4.28. The molecule has 3 N–H and O–H groups in total. The summed E-state index contributed by atoms with van der Waals surface area (Å²) in [6.45, 7) is 3.40. The van der Waals surface area contributed by atoms with Crippen molar-refractivity contribution < 1.29 is 9.90 Å². The summed E-state index contributed by atoms with van der Waals surface area (Å²) in [5, 5.41) is 9.47. The van der Waals surface area contributed by atoms with Gasteiger partial charge in [0.2, 0.25) is 0 Å². The minimum atomic E-state index is -1.14. The van der Waals surface area contributed by atoms with Gasteiger partial charge in [0, 0.05) is 18.8 Å². The molecule has 0 saturated carbocycles. The van der Waals surface area contributed by atoms with E-state index in [1.165, 1.54) is 0 Å². The molecule has 1 aliphatic rings. The summed E-state index contributed by atoms with van der Waals surface area (Å²) < 4.78 is 0. The number of carbonyl (C=O) groups excluding carboxylic acids is 1. The lowest BCUT2D eigenvalue weighted by molar-refractivity contribution is -0.141. The fourth-order valence-electron chi connectivity index (χ4n) is 1.20. The summed E-state index contributed by atoms with van der Waals surface area (Å²) in [5.41, 5.74) is 5.77. The molecule has 0 aromatic rings. The van der Waals surface area contributed by atoms with Crippen molar-refractivity contribution in [1.29, 1.82) is 0 Å². The van der Waals surface area contributed by atoms with Crippen molar-refractivity contribution in [2.24, 2.45) is 5.73 Å². The molecular formula is C9H16N2O2. The van der Waals surface area contributed by atoms with E-state index in [1.807, 2.05) is 6.92 Å². The molecule has 1 atom stereocenters. The van der Waals surface area contributed by atoms with Crippen LogP contribution in [0.5, 0.6) is 0 Å². The zero-order valence-corrected chi connectivity index (χ0v) is 7.86. The van der Waals surface area contributed by atoms with Gasteiger partial charge in [-0.2, -0.15) is 0 Å². The van der Waals surface area contributed by atoms with Gasteiger partial charge < -0.3 is 15.7 Å². The molecule has 1 amide bonds. The molecule has 13 heavy (non-hydrogen) atoms. The normalized spacial score (nSPS) is 19.5. The number of aliphatic hydroxyl groups is 1. The maximum Gasteiger partial charge on any atom is 0.257 e. The Morgan fingerprint density at radius 3 is 2.69 bits per heavy atom.